The topological polar surface area (TPSA) is 86.2 Å². The van der Waals surface area contributed by atoms with E-state index in [2.05, 4.69) is 0 Å². The zero-order valence-electron chi connectivity index (χ0n) is 18.4. The Bertz CT molecular complexity index is 1360. The first-order valence-electron chi connectivity index (χ1n) is 10.9. The molecule has 1 aliphatic carbocycles. The van der Waals surface area contributed by atoms with Gasteiger partial charge in [-0.2, -0.15) is 0 Å². The van der Waals surface area contributed by atoms with Gasteiger partial charge < -0.3 is 11.5 Å². The van der Waals surface area contributed by atoms with E-state index in [0.29, 0.717) is 44.8 Å². The molecule has 0 fully saturated rings. The molecule has 1 aliphatic rings. The standard InChI is InChI=1S/C30H22N2O2/c31-23-15-9-19(10-16-23)7-13-21-3-1-5-25-27(21)30(34)26-6-2-4-22(28(26)29(25)33)14-8-20-11-17-24(32)18-12-20/h1-18H,31-32H2. The highest BCUT2D eigenvalue weighted by molar-refractivity contribution is 6.30. The van der Waals surface area contributed by atoms with Crippen molar-refractivity contribution in [1.82, 2.24) is 0 Å². The number of nitrogen functional groups attached to an aromatic ring is 2. The summed E-state index contributed by atoms with van der Waals surface area (Å²) in [6.45, 7) is 0. The summed E-state index contributed by atoms with van der Waals surface area (Å²) in [5.41, 5.74) is 17.9. The van der Waals surface area contributed by atoms with Gasteiger partial charge in [-0.25, -0.2) is 0 Å². The maximum atomic E-state index is 13.6. The van der Waals surface area contributed by atoms with Crippen LogP contribution in [0.1, 0.15) is 54.1 Å². The van der Waals surface area contributed by atoms with Crippen LogP contribution < -0.4 is 11.5 Å². The molecular weight excluding hydrogens is 420 g/mol. The predicted octanol–water partition coefficient (Wildman–Crippen LogP) is 5.97. The molecule has 0 spiro atoms. The molecule has 4 aromatic carbocycles. The summed E-state index contributed by atoms with van der Waals surface area (Å²) in [7, 11) is 0. The Kier molecular flexibility index (Phi) is 5.40. The van der Waals surface area contributed by atoms with Gasteiger partial charge in [-0.1, -0.05) is 85.0 Å². The number of ketones is 2. The van der Waals surface area contributed by atoms with Crippen LogP contribution in [0.2, 0.25) is 0 Å². The minimum atomic E-state index is -0.148. The van der Waals surface area contributed by atoms with Gasteiger partial charge in [0, 0.05) is 33.6 Å². The van der Waals surface area contributed by atoms with Gasteiger partial charge in [-0.05, 0) is 46.5 Å². The number of anilines is 2. The fraction of sp³-hybridized carbons (Fsp3) is 0. The molecular formula is C30H22N2O2. The quantitative estimate of drug-likeness (QED) is 0.265. The second-order valence-corrected chi connectivity index (χ2v) is 8.20. The molecule has 0 aliphatic heterocycles. The van der Waals surface area contributed by atoms with Gasteiger partial charge in [0.1, 0.15) is 0 Å². The third kappa shape index (κ3) is 3.93. The van der Waals surface area contributed by atoms with E-state index in [1.807, 2.05) is 97.1 Å². The van der Waals surface area contributed by atoms with Gasteiger partial charge >= 0.3 is 0 Å². The average Bonchev–Trinajstić information content (AvgIpc) is 2.86. The summed E-state index contributed by atoms with van der Waals surface area (Å²) in [5.74, 6) is -0.296. The molecule has 0 atom stereocenters. The van der Waals surface area contributed by atoms with E-state index < -0.39 is 0 Å². The van der Waals surface area contributed by atoms with Crippen molar-refractivity contribution in [2.24, 2.45) is 0 Å². The highest BCUT2D eigenvalue weighted by atomic mass is 16.1. The maximum Gasteiger partial charge on any atom is 0.195 e. The third-order valence-corrected chi connectivity index (χ3v) is 5.92. The first-order valence-corrected chi connectivity index (χ1v) is 10.9. The summed E-state index contributed by atoms with van der Waals surface area (Å²) in [6.07, 6.45) is 7.55. The molecule has 0 heterocycles. The Morgan fingerprint density at radius 3 is 1.24 bits per heavy atom. The predicted molar refractivity (Wildman–Crippen MR) is 139 cm³/mol. The number of rotatable bonds is 4. The lowest BCUT2D eigenvalue weighted by atomic mass is 9.79. The molecule has 0 radical (unpaired) electrons. The van der Waals surface area contributed by atoms with Crippen molar-refractivity contribution in [2.45, 2.75) is 0 Å². The number of hydrogen-bond acceptors (Lipinski definition) is 4. The molecule has 5 rings (SSSR count). The molecule has 4 heteroatoms. The molecule has 4 nitrogen and oxygen atoms in total. The van der Waals surface area contributed by atoms with E-state index in [-0.39, 0.29) is 11.6 Å². The van der Waals surface area contributed by atoms with Gasteiger partial charge in [0.2, 0.25) is 0 Å². The van der Waals surface area contributed by atoms with Crippen molar-refractivity contribution in [1.29, 1.82) is 0 Å². The molecule has 4 N–H and O–H groups in total. The van der Waals surface area contributed by atoms with Crippen LogP contribution in [-0.4, -0.2) is 11.6 Å². The lowest BCUT2D eigenvalue weighted by molar-refractivity contribution is 0.0979. The van der Waals surface area contributed by atoms with Crippen molar-refractivity contribution in [3.63, 3.8) is 0 Å². The minimum Gasteiger partial charge on any atom is -0.399 e. The molecule has 0 saturated heterocycles. The van der Waals surface area contributed by atoms with Gasteiger partial charge in [0.15, 0.2) is 11.6 Å². The fourth-order valence-corrected chi connectivity index (χ4v) is 4.16. The molecule has 0 bridgehead atoms. The van der Waals surface area contributed by atoms with Crippen molar-refractivity contribution >= 4 is 47.2 Å². The molecule has 0 unspecified atom stereocenters. The SMILES string of the molecule is Nc1ccc(C=Cc2cccc3c2C(=O)c2cccc(C=Cc4ccc(N)cc4)c2C3=O)cc1. The van der Waals surface area contributed by atoms with Crippen LogP contribution in [-0.2, 0) is 0 Å². The number of carbonyl (C=O) groups is 2. The van der Waals surface area contributed by atoms with Gasteiger partial charge in [0.05, 0.1) is 0 Å². The lowest BCUT2D eigenvalue weighted by Gasteiger charge is -2.20. The third-order valence-electron chi connectivity index (χ3n) is 5.92. The van der Waals surface area contributed by atoms with Crippen molar-refractivity contribution in [2.75, 3.05) is 11.5 Å². The fourth-order valence-electron chi connectivity index (χ4n) is 4.16. The number of hydrogen-bond donors (Lipinski definition) is 2. The van der Waals surface area contributed by atoms with Crippen molar-refractivity contribution < 1.29 is 9.59 Å². The highest BCUT2D eigenvalue weighted by Gasteiger charge is 2.32. The second-order valence-electron chi connectivity index (χ2n) is 8.20. The summed E-state index contributed by atoms with van der Waals surface area (Å²) in [5, 5.41) is 0. The van der Waals surface area contributed by atoms with Crippen LogP contribution in [0.4, 0.5) is 11.4 Å². The molecule has 0 aromatic heterocycles. The first-order chi connectivity index (χ1) is 16.5. The molecule has 34 heavy (non-hydrogen) atoms. The number of benzene rings is 4. The molecule has 4 aromatic rings. The van der Waals surface area contributed by atoms with E-state index in [0.717, 1.165) is 11.1 Å². The molecule has 0 amide bonds. The zero-order chi connectivity index (χ0) is 23.7. The Balaban J connectivity index is 1.54. The first kappa shape index (κ1) is 21.2. The Labute approximate surface area is 197 Å². The summed E-state index contributed by atoms with van der Waals surface area (Å²) < 4.78 is 0. The van der Waals surface area contributed by atoms with Crippen LogP contribution in [0, 0.1) is 0 Å². The number of fused-ring (bicyclic) bond motifs is 2. The zero-order valence-corrected chi connectivity index (χ0v) is 18.4. The van der Waals surface area contributed by atoms with E-state index in [4.69, 9.17) is 11.5 Å². The van der Waals surface area contributed by atoms with Crippen LogP contribution in [0.5, 0.6) is 0 Å². The highest BCUT2D eigenvalue weighted by Crippen LogP contribution is 2.33. The van der Waals surface area contributed by atoms with Crippen LogP contribution in [0.3, 0.4) is 0 Å². The van der Waals surface area contributed by atoms with E-state index >= 15 is 0 Å². The van der Waals surface area contributed by atoms with E-state index in [9.17, 15) is 9.59 Å². The molecule has 164 valence electrons. The van der Waals surface area contributed by atoms with Crippen LogP contribution in [0.25, 0.3) is 24.3 Å². The largest absolute Gasteiger partial charge is 0.399 e. The Morgan fingerprint density at radius 1 is 0.471 bits per heavy atom. The van der Waals surface area contributed by atoms with Gasteiger partial charge in [0.25, 0.3) is 0 Å². The summed E-state index contributed by atoms with van der Waals surface area (Å²) >= 11 is 0. The summed E-state index contributed by atoms with van der Waals surface area (Å²) in [6, 6.07) is 25.7. The minimum absolute atomic E-state index is 0.148. The Morgan fingerprint density at radius 2 is 0.853 bits per heavy atom. The van der Waals surface area contributed by atoms with Gasteiger partial charge in [-0.3, -0.25) is 9.59 Å². The smallest absolute Gasteiger partial charge is 0.195 e. The summed E-state index contributed by atoms with van der Waals surface area (Å²) in [4.78, 5) is 27.1. The number of nitrogens with two attached hydrogens (primary N) is 2. The molecule has 0 saturated carbocycles. The van der Waals surface area contributed by atoms with E-state index in [1.165, 1.54) is 0 Å². The monoisotopic (exact) mass is 442 g/mol. The van der Waals surface area contributed by atoms with Crippen molar-refractivity contribution in [3.8, 4) is 0 Å². The maximum absolute atomic E-state index is 13.6. The second kappa shape index (κ2) is 8.68. The lowest BCUT2D eigenvalue weighted by Crippen LogP contribution is -2.23. The van der Waals surface area contributed by atoms with Crippen LogP contribution in [0.15, 0.2) is 84.9 Å². The van der Waals surface area contributed by atoms with Crippen molar-refractivity contribution in [3.05, 3.63) is 129 Å². The normalized spacial score (nSPS) is 12.8. The Hall–Kier alpha value is -4.70. The van der Waals surface area contributed by atoms with Crippen LogP contribution >= 0.6 is 0 Å². The van der Waals surface area contributed by atoms with Gasteiger partial charge in [-0.15, -0.1) is 0 Å². The number of carbonyl (C=O) groups excluding carboxylic acids is 2. The van der Waals surface area contributed by atoms with E-state index in [1.54, 1.807) is 12.1 Å². The average molecular weight is 443 g/mol.